The third-order valence-electron chi connectivity index (χ3n) is 6.08. The number of hydrogen-bond acceptors (Lipinski definition) is 5. The fraction of sp³-hybridized carbons (Fsp3) is 0.0690. The second kappa shape index (κ2) is 8.70. The topological polar surface area (TPSA) is 74.6 Å². The van der Waals surface area contributed by atoms with Gasteiger partial charge in [-0.2, -0.15) is 9.78 Å². The number of methoxy groups -OCH3 is 1. The third kappa shape index (κ3) is 3.67. The average Bonchev–Trinajstić information content (AvgIpc) is 3.55. The molecule has 0 saturated carbocycles. The second-order valence-corrected chi connectivity index (χ2v) is 8.44. The number of ether oxygens (including phenoxy) is 1. The number of fused-ring (bicyclic) bond motifs is 2. The SMILES string of the molecule is COc1cccc2oc(-c3nc4ccccc4c(=O)n3N=Cc3cccn3-c3cccc(C)c3)cc12. The summed E-state index contributed by atoms with van der Waals surface area (Å²) in [5, 5.41) is 5.87. The first kappa shape index (κ1) is 21.6. The highest BCUT2D eigenvalue weighted by molar-refractivity contribution is 5.88. The zero-order valence-electron chi connectivity index (χ0n) is 19.8. The molecule has 7 nitrogen and oxygen atoms in total. The van der Waals surface area contributed by atoms with Crippen LogP contribution in [0.1, 0.15) is 11.3 Å². The van der Waals surface area contributed by atoms with E-state index < -0.39 is 0 Å². The molecule has 7 heteroatoms. The number of aromatic nitrogens is 3. The van der Waals surface area contributed by atoms with Gasteiger partial charge in [-0.05, 0) is 67.1 Å². The van der Waals surface area contributed by atoms with Gasteiger partial charge in [0, 0.05) is 11.9 Å². The number of aryl methyl sites for hydroxylation is 1. The molecular formula is C29H22N4O3. The average molecular weight is 475 g/mol. The highest BCUT2D eigenvalue weighted by Gasteiger charge is 2.18. The Hall–Kier alpha value is -4.91. The van der Waals surface area contributed by atoms with Gasteiger partial charge >= 0.3 is 0 Å². The summed E-state index contributed by atoms with van der Waals surface area (Å²) in [5.74, 6) is 1.40. The van der Waals surface area contributed by atoms with Crippen molar-refractivity contribution >= 4 is 28.1 Å². The van der Waals surface area contributed by atoms with E-state index in [0.29, 0.717) is 33.8 Å². The lowest BCUT2D eigenvalue weighted by molar-refractivity contribution is 0.419. The van der Waals surface area contributed by atoms with Gasteiger partial charge in [0.2, 0.25) is 5.82 Å². The van der Waals surface area contributed by atoms with Crippen molar-refractivity contribution in [3.63, 3.8) is 0 Å². The summed E-state index contributed by atoms with van der Waals surface area (Å²) >= 11 is 0. The molecule has 0 radical (unpaired) electrons. The van der Waals surface area contributed by atoms with Gasteiger partial charge in [0.05, 0.1) is 35.3 Å². The van der Waals surface area contributed by atoms with Crippen LogP contribution in [-0.2, 0) is 0 Å². The monoisotopic (exact) mass is 474 g/mol. The quantitative estimate of drug-likeness (QED) is 0.296. The Morgan fingerprint density at radius 2 is 1.81 bits per heavy atom. The van der Waals surface area contributed by atoms with Crippen LogP contribution < -0.4 is 10.3 Å². The van der Waals surface area contributed by atoms with Gasteiger partial charge in [-0.15, -0.1) is 0 Å². The Morgan fingerprint density at radius 3 is 2.67 bits per heavy atom. The molecule has 6 aromatic rings. The molecule has 3 heterocycles. The Kier molecular flexibility index (Phi) is 5.22. The maximum atomic E-state index is 13.6. The minimum absolute atomic E-state index is 0.284. The summed E-state index contributed by atoms with van der Waals surface area (Å²) in [6, 6.07) is 26.7. The summed E-state index contributed by atoms with van der Waals surface area (Å²) in [4.78, 5) is 18.3. The van der Waals surface area contributed by atoms with E-state index in [1.54, 1.807) is 25.5 Å². The highest BCUT2D eigenvalue weighted by Crippen LogP contribution is 2.32. The molecule has 36 heavy (non-hydrogen) atoms. The number of para-hydroxylation sites is 1. The molecule has 3 aromatic heterocycles. The maximum absolute atomic E-state index is 13.6. The Morgan fingerprint density at radius 1 is 0.944 bits per heavy atom. The summed E-state index contributed by atoms with van der Waals surface area (Å²) in [7, 11) is 1.61. The number of hydrogen-bond donors (Lipinski definition) is 0. The molecular weight excluding hydrogens is 452 g/mol. The maximum Gasteiger partial charge on any atom is 0.282 e. The summed E-state index contributed by atoms with van der Waals surface area (Å²) in [6.07, 6.45) is 3.62. The standard InChI is InChI=1S/C29H22N4O3/c1-19-8-5-9-20(16-19)32-15-7-10-21(32)18-30-33-28(31-24-12-4-3-11-22(24)29(33)34)27-17-23-25(35-2)13-6-14-26(23)36-27/h3-18H,1-2H3. The zero-order chi connectivity index (χ0) is 24.6. The molecule has 0 fully saturated rings. The number of benzene rings is 3. The van der Waals surface area contributed by atoms with E-state index in [9.17, 15) is 4.79 Å². The molecule has 176 valence electrons. The Bertz CT molecular complexity index is 1820. The van der Waals surface area contributed by atoms with Crippen molar-refractivity contribution in [3.05, 3.63) is 113 Å². The second-order valence-electron chi connectivity index (χ2n) is 8.44. The number of furan rings is 1. The molecule has 6 rings (SSSR count). The van der Waals surface area contributed by atoms with Crippen molar-refractivity contribution in [2.75, 3.05) is 7.11 Å². The van der Waals surface area contributed by atoms with Crippen LogP contribution in [0.3, 0.4) is 0 Å². The summed E-state index contributed by atoms with van der Waals surface area (Å²) in [5.41, 5.74) is 3.90. The van der Waals surface area contributed by atoms with E-state index in [-0.39, 0.29) is 5.56 Å². The van der Waals surface area contributed by atoms with Crippen molar-refractivity contribution in [3.8, 4) is 23.0 Å². The van der Waals surface area contributed by atoms with Gasteiger partial charge in [0.15, 0.2) is 5.76 Å². The lowest BCUT2D eigenvalue weighted by Gasteiger charge is -2.09. The lowest BCUT2D eigenvalue weighted by atomic mass is 10.2. The largest absolute Gasteiger partial charge is 0.496 e. The highest BCUT2D eigenvalue weighted by atomic mass is 16.5. The predicted molar refractivity (Wildman–Crippen MR) is 141 cm³/mol. The van der Waals surface area contributed by atoms with E-state index in [0.717, 1.165) is 22.3 Å². The van der Waals surface area contributed by atoms with Crippen LogP contribution in [0.15, 0.2) is 105 Å². The molecule has 0 aliphatic rings. The van der Waals surface area contributed by atoms with E-state index in [2.05, 4.69) is 24.2 Å². The minimum atomic E-state index is -0.284. The molecule has 0 amide bonds. The van der Waals surface area contributed by atoms with Gasteiger partial charge in [0.1, 0.15) is 11.3 Å². The van der Waals surface area contributed by atoms with E-state index in [1.165, 1.54) is 4.68 Å². The molecule has 0 atom stereocenters. The summed E-state index contributed by atoms with van der Waals surface area (Å²) in [6.45, 7) is 2.05. The van der Waals surface area contributed by atoms with Crippen LogP contribution in [0.5, 0.6) is 5.75 Å². The predicted octanol–water partition coefficient (Wildman–Crippen LogP) is 5.80. The van der Waals surface area contributed by atoms with Crippen LogP contribution >= 0.6 is 0 Å². The van der Waals surface area contributed by atoms with Gasteiger partial charge in [0.25, 0.3) is 5.56 Å². The first-order valence-corrected chi connectivity index (χ1v) is 11.5. The molecule has 0 aliphatic heterocycles. The lowest BCUT2D eigenvalue weighted by Crippen LogP contribution is -2.20. The fourth-order valence-electron chi connectivity index (χ4n) is 4.34. The molecule has 0 unspecified atom stereocenters. The minimum Gasteiger partial charge on any atom is -0.496 e. The van der Waals surface area contributed by atoms with Crippen molar-refractivity contribution in [1.29, 1.82) is 0 Å². The molecule has 0 aliphatic carbocycles. The van der Waals surface area contributed by atoms with E-state index in [4.69, 9.17) is 14.1 Å². The van der Waals surface area contributed by atoms with Crippen LogP contribution in [0.25, 0.3) is 39.1 Å². The van der Waals surface area contributed by atoms with Gasteiger partial charge < -0.3 is 13.7 Å². The normalized spacial score (nSPS) is 11.6. The van der Waals surface area contributed by atoms with Crippen LogP contribution in [-0.4, -0.2) is 27.6 Å². The zero-order valence-corrected chi connectivity index (χ0v) is 19.8. The number of nitrogens with zero attached hydrogens (tertiary/aromatic N) is 4. The smallest absolute Gasteiger partial charge is 0.282 e. The fourth-order valence-corrected chi connectivity index (χ4v) is 4.34. The van der Waals surface area contributed by atoms with Crippen molar-refractivity contribution in [1.82, 2.24) is 14.2 Å². The van der Waals surface area contributed by atoms with Crippen LogP contribution in [0, 0.1) is 6.92 Å². The van der Waals surface area contributed by atoms with Gasteiger partial charge in [-0.1, -0.05) is 30.3 Å². The Labute approximate surface area is 206 Å². The Balaban J connectivity index is 1.53. The van der Waals surface area contributed by atoms with Crippen molar-refractivity contribution in [2.45, 2.75) is 6.92 Å². The molecule has 0 spiro atoms. The van der Waals surface area contributed by atoms with Crippen molar-refractivity contribution < 1.29 is 9.15 Å². The molecule has 0 N–H and O–H groups in total. The van der Waals surface area contributed by atoms with Crippen LogP contribution in [0.4, 0.5) is 0 Å². The van der Waals surface area contributed by atoms with E-state index >= 15 is 0 Å². The first-order valence-electron chi connectivity index (χ1n) is 11.5. The summed E-state index contributed by atoms with van der Waals surface area (Å²) < 4.78 is 14.9. The third-order valence-corrected chi connectivity index (χ3v) is 6.08. The van der Waals surface area contributed by atoms with Crippen molar-refractivity contribution in [2.24, 2.45) is 5.10 Å². The van der Waals surface area contributed by atoms with E-state index in [1.807, 2.05) is 71.4 Å². The van der Waals surface area contributed by atoms with Gasteiger partial charge in [-0.25, -0.2) is 4.98 Å². The van der Waals surface area contributed by atoms with Gasteiger partial charge in [-0.3, -0.25) is 4.79 Å². The molecule has 0 bridgehead atoms. The number of rotatable bonds is 5. The molecule has 0 saturated heterocycles. The molecule has 3 aromatic carbocycles. The first-order chi connectivity index (χ1) is 17.6. The van der Waals surface area contributed by atoms with Crippen LogP contribution in [0.2, 0.25) is 0 Å².